The van der Waals surface area contributed by atoms with Crippen molar-refractivity contribution in [3.8, 4) is 0 Å². The zero-order valence-electron chi connectivity index (χ0n) is 22.3. The molecular weight excluding hydrogens is 479 g/mol. The fourth-order valence-corrected chi connectivity index (χ4v) is 3.20. The predicted octanol–water partition coefficient (Wildman–Crippen LogP) is 1.47. The van der Waals surface area contributed by atoms with Gasteiger partial charge in [-0.15, -0.1) is 0 Å². The van der Waals surface area contributed by atoms with E-state index in [0.29, 0.717) is 25.8 Å². The second kappa shape index (κ2) is 20.7. The Hall–Kier alpha value is -3.50. The van der Waals surface area contributed by atoms with E-state index in [2.05, 4.69) is 29.5 Å². The van der Waals surface area contributed by atoms with Gasteiger partial charge in [0.15, 0.2) is 11.7 Å². The molecule has 37 heavy (non-hydrogen) atoms. The van der Waals surface area contributed by atoms with Crippen molar-refractivity contribution < 1.29 is 23.6 Å². The molecular formula is C26H43FN6O4. The van der Waals surface area contributed by atoms with Crippen molar-refractivity contribution in [2.45, 2.75) is 65.3 Å². The van der Waals surface area contributed by atoms with E-state index < -0.39 is 24.4 Å². The third-order valence-electron chi connectivity index (χ3n) is 4.92. The third-order valence-corrected chi connectivity index (χ3v) is 4.92. The molecule has 1 heterocycles. The van der Waals surface area contributed by atoms with Crippen molar-refractivity contribution >= 4 is 29.5 Å². The number of nitrogens with two attached hydrogens (primary N) is 2. The molecule has 11 heteroatoms. The van der Waals surface area contributed by atoms with E-state index in [0.717, 1.165) is 18.5 Å². The highest BCUT2D eigenvalue weighted by Gasteiger charge is 2.33. The molecule has 3 amide bonds. The number of nitrogens with zero attached hydrogens (tertiary/aromatic N) is 2. The van der Waals surface area contributed by atoms with Gasteiger partial charge in [-0.3, -0.25) is 24.2 Å². The Bertz CT molecular complexity index is 847. The Kier molecular flexibility index (Phi) is 18.7. The number of carbonyl (C=O) groups is 4. The molecule has 1 fully saturated rings. The lowest BCUT2D eigenvalue weighted by molar-refractivity contribution is -0.139. The zero-order chi connectivity index (χ0) is 28.1. The van der Waals surface area contributed by atoms with Crippen LogP contribution >= 0.6 is 0 Å². The summed E-state index contributed by atoms with van der Waals surface area (Å²) < 4.78 is 12.2. The number of nitrogens with one attached hydrogen (secondary N) is 2. The lowest BCUT2D eigenvalue weighted by Crippen LogP contribution is -2.49. The predicted molar refractivity (Wildman–Crippen MR) is 143 cm³/mol. The molecule has 1 saturated heterocycles. The fraction of sp³-hybridized carbons (Fsp3) is 0.577. The summed E-state index contributed by atoms with van der Waals surface area (Å²) in [7, 11) is 0. The normalized spacial score (nSPS) is 13.7. The number of guanidine groups is 1. The van der Waals surface area contributed by atoms with Crippen LogP contribution < -0.4 is 22.1 Å². The lowest BCUT2D eigenvalue weighted by atomic mass is 10.1. The first-order valence-electron chi connectivity index (χ1n) is 12.7. The number of Topliss-reactive ketones (excluding diaryl/α,β-unsaturated/α-hetero) is 1. The molecule has 2 rings (SSSR count). The smallest absolute Gasteiger partial charge is 0.243 e. The molecule has 1 aliphatic heterocycles. The van der Waals surface area contributed by atoms with Crippen LogP contribution in [0.1, 0.15) is 58.4 Å². The number of hydrogen-bond acceptors (Lipinski definition) is 5. The average molecular weight is 523 g/mol. The van der Waals surface area contributed by atoms with Crippen LogP contribution in [-0.2, 0) is 25.6 Å². The van der Waals surface area contributed by atoms with E-state index in [1.807, 2.05) is 37.3 Å². The molecule has 0 spiro atoms. The molecule has 1 aromatic carbocycles. The van der Waals surface area contributed by atoms with Gasteiger partial charge in [0.2, 0.25) is 17.7 Å². The van der Waals surface area contributed by atoms with E-state index in [-0.39, 0.29) is 37.3 Å². The van der Waals surface area contributed by atoms with Crippen molar-refractivity contribution in [3.63, 3.8) is 0 Å². The molecule has 1 aliphatic rings. The first-order chi connectivity index (χ1) is 17.7. The van der Waals surface area contributed by atoms with Crippen molar-refractivity contribution in [1.29, 1.82) is 0 Å². The maximum Gasteiger partial charge on any atom is 0.243 e. The number of benzene rings is 1. The molecule has 208 valence electrons. The maximum absolute atomic E-state index is 12.3. The van der Waals surface area contributed by atoms with Gasteiger partial charge in [0.05, 0.1) is 13.1 Å². The minimum Gasteiger partial charge on any atom is -0.370 e. The van der Waals surface area contributed by atoms with Gasteiger partial charge in [0, 0.05) is 19.5 Å². The van der Waals surface area contributed by atoms with Gasteiger partial charge < -0.3 is 27.0 Å². The summed E-state index contributed by atoms with van der Waals surface area (Å²) in [5, 5.41) is 4.94. The summed E-state index contributed by atoms with van der Waals surface area (Å²) in [4.78, 5) is 52.5. The molecule has 6 N–H and O–H groups in total. The van der Waals surface area contributed by atoms with Crippen LogP contribution in [0.25, 0.3) is 0 Å². The number of aliphatic imine (C=N–C) groups is 1. The molecule has 10 nitrogen and oxygen atoms in total. The first-order valence-corrected chi connectivity index (χ1v) is 12.7. The van der Waals surface area contributed by atoms with Gasteiger partial charge in [-0.1, -0.05) is 57.5 Å². The SMILES string of the molecule is CCC.CCCN=C(N)N.O=C(CF)CNC(=O)C1CCCN1C(=O)CNC(=O)CCc1ccccc1. The number of aryl methyl sites for hydroxylation is 1. The summed E-state index contributed by atoms with van der Waals surface area (Å²) in [6.45, 7) is 5.72. The number of carbonyl (C=O) groups excluding carboxylic acids is 4. The third kappa shape index (κ3) is 16.0. The zero-order valence-corrected chi connectivity index (χ0v) is 22.3. The Morgan fingerprint density at radius 1 is 1.05 bits per heavy atom. The number of likely N-dealkylation sites (tertiary alicyclic amines) is 1. The van der Waals surface area contributed by atoms with Crippen LogP contribution in [-0.4, -0.2) is 73.3 Å². The molecule has 0 bridgehead atoms. The van der Waals surface area contributed by atoms with E-state index in [1.165, 1.54) is 11.3 Å². The molecule has 0 aromatic heterocycles. The fourth-order valence-electron chi connectivity index (χ4n) is 3.20. The Morgan fingerprint density at radius 3 is 2.24 bits per heavy atom. The largest absolute Gasteiger partial charge is 0.370 e. The molecule has 0 aliphatic carbocycles. The molecule has 0 radical (unpaired) electrons. The molecule has 1 aromatic rings. The minimum atomic E-state index is -1.14. The van der Waals surface area contributed by atoms with Crippen LogP contribution in [0, 0.1) is 0 Å². The standard InChI is InChI=1S/C19H24FN3O4.C4H11N3.C3H8/c20-11-15(24)12-22-19(27)16-7-4-10-23(16)18(26)13-21-17(25)9-8-14-5-2-1-3-6-14;1-2-3-7-4(5)6;1-3-2/h1-3,5-6,16H,4,7-13H2,(H,21,25)(H,22,27);2-3H2,1H3,(H4,5,6,7);3H2,1-2H3. The number of ketones is 1. The van der Waals surface area contributed by atoms with Gasteiger partial charge in [0.1, 0.15) is 12.7 Å². The Balaban J connectivity index is 0.00000110. The van der Waals surface area contributed by atoms with E-state index in [1.54, 1.807) is 0 Å². The summed E-state index contributed by atoms with van der Waals surface area (Å²) in [6.07, 6.45) is 4.23. The van der Waals surface area contributed by atoms with E-state index in [4.69, 9.17) is 11.5 Å². The Morgan fingerprint density at radius 2 is 1.70 bits per heavy atom. The van der Waals surface area contributed by atoms with Crippen molar-refractivity contribution in [1.82, 2.24) is 15.5 Å². The summed E-state index contributed by atoms with van der Waals surface area (Å²) in [6, 6.07) is 8.87. The summed E-state index contributed by atoms with van der Waals surface area (Å²) in [5.41, 5.74) is 11.1. The van der Waals surface area contributed by atoms with Gasteiger partial charge >= 0.3 is 0 Å². The highest BCUT2D eigenvalue weighted by atomic mass is 19.1. The van der Waals surface area contributed by atoms with Gasteiger partial charge in [-0.2, -0.15) is 0 Å². The monoisotopic (exact) mass is 522 g/mol. The van der Waals surface area contributed by atoms with E-state index >= 15 is 0 Å². The molecule has 1 unspecified atom stereocenters. The molecule has 1 atom stereocenters. The van der Waals surface area contributed by atoms with Gasteiger partial charge in [-0.05, 0) is 31.2 Å². The van der Waals surface area contributed by atoms with Crippen LogP contribution in [0.2, 0.25) is 0 Å². The van der Waals surface area contributed by atoms with Crippen LogP contribution in [0.15, 0.2) is 35.3 Å². The van der Waals surface area contributed by atoms with Crippen molar-refractivity contribution in [2.75, 3.05) is 32.9 Å². The van der Waals surface area contributed by atoms with Gasteiger partial charge in [0.25, 0.3) is 0 Å². The summed E-state index contributed by atoms with van der Waals surface area (Å²) in [5.74, 6) is -1.59. The first kappa shape index (κ1) is 33.5. The summed E-state index contributed by atoms with van der Waals surface area (Å²) >= 11 is 0. The minimum absolute atomic E-state index is 0.180. The number of amides is 3. The lowest BCUT2D eigenvalue weighted by Gasteiger charge is -2.24. The average Bonchev–Trinajstić information content (AvgIpc) is 3.39. The molecule has 0 saturated carbocycles. The Labute approximate surface area is 219 Å². The highest BCUT2D eigenvalue weighted by molar-refractivity contribution is 5.93. The van der Waals surface area contributed by atoms with Crippen molar-refractivity contribution in [3.05, 3.63) is 35.9 Å². The number of halogens is 1. The second-order valence-corrected chi connectivity index (χ2v) is 8.41. The van der Waals surface area contributed by atoms with E-state index in [9.17, 15) is 23.6 Å². The maximum atomic E-state index is 12.3. The quantitative estimate of drug-likeness (QED) is 0.254. The van der Waals surface area contributed by atoms with Crippen LogP contribution in [0.4, 0.5) is 4.39 Å². The second-order valence-electron chi connectivity index (χ2n) is 8.41. The number of alkyl halides is 1. The number of rotatable bonds is 11. The van der Waals surface area contributed by atoms with Crippen LogP contribution in [0.3, 0.4) is 0 Å². The topological polar surface area (TPSA) is 160 Å². The van der Waals surface area contributed by atoms with Crippen molar-refractivity contribution in [2.24, 2.45) is 16.5 Å². The van der Waals surface area contributed by atoms with Crippen LogP contribution in [0.5, 0.6) is 0 Å². The highest BCUT2D eigenvalue weighted by Crippen LogP contribution is 2.17. The number of hydrogen-bond donors (Lipinski definition) is 4. The van der Waals surface area contributed by atoms with Gasteiger partial charge in [-0.25, -0.2) is 4.39 Å².